The maximum absolute atomic E-state index is 13.9. The van der Waals surface area contributed by atoms with Crippen LogP contribution in [0.1, 0.15) is 59.7 Å². The lowest BCUT2D eigenvalue weighted by Gasteiger charge is -2.27. The fourth-order valence-corrected chi connectivity index (χ4v) is 7.37. The molecule has 1 atom stereocenters. The lowest BCUT2D eigenvalue weighted by molar-refractivity contribution is -0.377. The van der Waals surface area contributed by atoms with E-state index in [2.05, 4.69) is 9.88 Å². The van der Waals surface area contributed by atoms with Crippen molar-refractivity contribution in [2.24, 2.45) is 5.92 Å². The molecule has 0 spiro atoms. The van der Waals surface area contributed by atoms with Crippen LogP contribution >= 0.6 is 23.2 Å². The average molecular weight is 805 g/mol. The van der Waals surface area contributed by atoms with Crippen molar-refractivity contribution in [2.45, 2.75) is 51.2 Å². The number of esters is 1. The van der Waals surface area contributed by atoms with Crippen molar-refractivity contribution < 1.29 is 56.1 Å². The highest BCUT2D eigenvalue weighted by atomic mass is 35.5. The molecule has 1 saturated heterocycles. The number of halogens is 4. The van der Waals surface area contributed by atoms with Gasteiger partial charge in [0.15, 0.2) is 23.9 Å². The third-order valence-corrected chi connectivity index (χ3v) is 10.7. The second-order valence-electron chi connectivity index (χ2n) is 12.8. The number of benzene rings is 2. The van der Waals surface area contributed by atoms with Crippen LogP contribution in [0.3, 0.4) is 0 Å². The first kappa shape index (κ1) is 42.3. The average Bonchev–Trinajstić information content (AvgIpc) is 3.94. The lowest BCUT2D eigenvalue weighted by Crippen LogP contribution is -2.37. The van der Waals surface area contributed by atoms with Crippen LogP contribution in [0.25, 0.3) is 0 Å². The van der Waals surface area contributed by atoms with Crippen molar-refractivity contribution in [3.63, 3.8) is 0 Å². The molecule has 292 valence electrons. The fraction of sp³-hybridized carbons (Fsp3) is 0.500. The number of rotatable bonds is 19. The summed E-state index contributed by atoms with van der Waals surface area (Å²) in [6, 6.07) is 8.75. The van der Waals surface area contributed by atoms with Crippen molar-refractivity contribution in [2.75, 3.05) is 63.7 Å². The molecule has 3 aromatic rings. The molecule has 0 radical (unpaired) electrons. The van der Waals surface area contributed by atoms with Crippen molar-refractivity contribution >= 4 is 44.9 Å². The molecule has 5 rings (SSSR count). The van der Waals surface area contributed by atoms with E-state index in [1.165, 1.54) is 60.2 Å². The van der Waals surface area contributed by atoms with Crippen LogP contribution in [0.2, 0.25) is 10.0 Å². The molecule has 2 heterocycles. The number of unbranched alkanes of at least 4 members (excludes halogenated alkanes) is 2. The number of aromatic nitrogens is 1. The molecule has 1 aliphatic carbocycles. The number of hydrogen-bond donors (Lipinski definition) is 0. The van der Waals surface area contributed by atoms with Crippen LogP contribution in [0.4, 0.5) is 14.5 Å². The smallest absolute Gasteiger partial charge is 0.387 e. The predicted molar refractivity (Wildman–Crippen MR) is 194 cm³/mol. The topological polar surface area (TPSA) is 148 Å². The largest absolute Gasteiger partial charge is 0.870 e. The minimum Gasteiger partial charge on any atom is -0.870 e. The van der Waals surface area contributed by atoms with E-state index in [1.807, 2.05) is 0 Å². The molecular weight excluding hydrogens is 759 g/mol. The Morgan fingerprint density at radius 1 is 1.02 bits per heavy atom. The Morgan fingerprint density at radius 2 is 1.72 bits per heavy atom. The molecule has 0 amide bonds. The number of carbonyl (C=O) groups is 1. The van der Waals surface area contributed by atoms with E-state index < -0.39 is 28.7 Å². The van der Waals surface area contributed by atoms with Crippen molar-refractivity contribution in [1.82, 2.24) is 4.90 Å². The van der Waals surface area contributed by atoms with Gasteiger partial charge in [0.2, 0.25) is 10.0 Å². The van der Waals surface area contributed by atoms with Gasteiger partial charge in [-0.25, -0.2) is 18.2 Å². The van der Waals surface area contributed by atoms with Crippen molar-refractivity contribution in [3.8, 4) is 17.2 Å². The van der Waals surface area contributed by atoms with Crippen LogP contribution < -0.4 is 23.5 Å². The van der Waals surface area contributed by atoms with Crippen LogP contribution in [0.5, 0.6) is 17.2 Å². The van der Waals surface area contributed by atoms with E-state index >= 15 is 0 Å². The number of morpholine rings is 1. The Balaban J connectivity index is 0.00000627. The van der Waals surface area contributed by atoms with Crippen LogP contribution in [-0.2, 0) is 25.9 Å². The number of sulfonamides is 1. The quantitative estimate of drug-likeness (QED) is 0.0980. The summed E-state index contributed by atoms with van der Waals surface area (Å²) in [5, 5.41) is 0.578. The number of H-pyrrole nitrogens is 1. The van der Waals surface area contributed by atoms with Crippen LogP contribution in [0.15, 0.2) is 48.8 Å². The normalized spacial score (nSPS) is 15.4. The number of nitrogens with zero attached hydrogens (tertiary/aromatic N) is 2. The van der Waals surface area contributed by atoms with Gasteiger partial charge in [-0.15, -0.1) is 0 Å². The van der Waals surface area contributed by atoms with Gasteiger partial charge in [0.25, 0.3) is 0 Å². The minimum atomic E-state index is -3.78. The SMILES string of the molecule is COc1ccc(C(=O)O[C@@H](Cc2c(Cl)c[nH+]cc2Cl)c2ccc(OC(F)F)c(OCC3CC3)c2)cc1N(CCCCCN1CCOCC1)S(C)(=O)=O.[OH-]. The number of alkyl halides is 2. The maximum Gasteiger partial charge on any atom is 0.387 e. The summed E-state index contributed by atoms with van der Waals surface area (Å²) in [6.45, 7) is 1.52. The molecule has 53 heavy (non-hydrogen) atoms. The Hall–Kier alpha value is -3.47. The second kappa shape index (κ2) is 19.7. The Labute approximate surface area is 318 Å². The zero-order valence-electron chi connectivity index (χ0n) is 29.6. The van der Waals surface area contributed by atoms with E-state index in [9.17, 15) is 22.0 Å². The highest BCUT2D eigenvalue weighted by Gasteiger charge is 2.28. The van der Waals surface area contributed by atoms with Gasteiger partial charge in [-0.05, 0) is 74.0 Å². The van der Waals surface area contributed by atoms with Gasteiger partial charge < -0.3 is 29.2 Å². The first-order valence-electron chi connectivity index (χ1n) is 17.1. The molecular formula is C36H45Cl2F2N3O9S. The molecule has 0 unspecified atom stereocenters. The molecule has 12 nitrogen and oxygen atoms in total. The highest BCUT2D eigenvalue weighted by Crippen LogP contribution is 2.39. The monoisotopic (exact) mass is 803 g/mol. The summed E-state index contributed by atoms with van der Waals surface area (Å²) in [5.74, 6) is -0.281. The molecule has 1 aromatic heterocycles. The molecule has 2 aliphatic rings. The number of aromatic amines is 1. The number of pyridine rings is 1. The van der Waals surface area contributed by atoms with Crippen LogP contribution in [0, 0.1) is 5.92 Å². The third-order valence-electron chi connectivity index (χ3n) is 8.89. The zero-order chi connectivity index (χ0) is 37.3. The van der Waals surface area contributed by atoms with Gasteiger partial charge in [-0.1, -0.05) is 35.7 Å². The Bertz CT molecular complexity index is 1760. The number of carbonyl (C=O) groups excluding carboxylic acids is 1. The third kappa shape index (κ3) is 12.3. The first-order chi connectivity index (χ1) is 24.9. The molecule has 0 bridgehead atoms. The summed E-state index contributed by atoms with van der Waals surface area (Å²) in [7, 11) is -2.36. The van der Waals surface area contributed by atoms with Gasteiger partial charge in [0.05, 0.1) is 44.4 Å². The molecule has 2 N–H and O–H groups in total. The number of nitrogens with one attached hydrogen (secondary N) is 1. The summed E-state index contributed by atoms with van der Waals surface area (Å²) < 4.78 is 81.5. The summed E-state index contributed by atoms with van der Waals surface area (Å²) in [5.41, 5.74) is 1.13. The van der Waals surface area contributed by atoms with Crippen LogP contribution in [-0.4, -0.2) is 90.7 Å². The molecule has 17 heteroatoms. The van der Waals surface area contributed by atoms with E-state index in [0.717, 1.165) is 51.6 Å². The Morgan fingerprint density at radius 3 is 2.36 bits per heavy atom. The molecule has 2 fully saturated rings. The summed E-state index contributed by atoms with van der Waals surface area (Å²) in [4.78, 5) is 19.1. The number of hydrogen-bond acceptors (Lipinski definition) is 10. The van der Waals surface area contributed by atoms with Gasteiger partial charge in [-0.2, -0.15) is 8.78 Å². The highest BCUT2D eigenvalue weighted by molar-refractivity contribution is 7.92. The first-order valence-corrected chi connectivity index (χ1v) is 19.8. The second-order valence-corrected chi connectivity index (χ2v) is 15.5. The number of anilines is 1. The number of ether oxygens (including phenoxy) is 5. The van der Waals surface area contributed by atoms with Gasteiger partial charge >= 0.3 is 12.6 Å². The maximum atomic E-state index is 13.9. The van der Waals surface area contributed by atoms with Gasteiger partial charge in [0, 0.05) is 31.6 Å². The number of methoxy groups -OCH3 is 1. The molecule has 1 saturated carbocycles. The van der Waals surface area contributed by atoms with E-state index in [0.29, 0.717) is 43.3 Å². The predicted octanol–water partition coefficient (Wildman–Crippen LogP) is 6.44. The standard InChI is InChI=1S/C36H43Cl2F2N3O8S.H2O/c1-47-31-10-9-26(18-30(31)43(52(2,45)46)13-5-3-4-12-42-14-16-48-17-15-42)35(44)50-33(20-27-28(37)21-41-22-29(27)38)25-8-11-32(51-36(39)40)34(19-25)49-23-24-6-7-24;/h8-11,18-19,21-22,24,33,36H,3-7,12-17,20,23H2,1-2H3;1H2/t33-;/m0./s1. The van der Waals surface area contributed by atoms with Crippen molar-refractivity contribution in [3.05, 3.63) is 75.5 Å². The van der Waals surface area contributed by atoms with Crippen molar-refractivity contribution in [1.29, 1.82) is 0 Å². The van der Waals surface area contributed by atoms with E-state index in [4.69, 9.17) is 46.9 Å². The lowest BCUT2D eigenvalue weighted by atomic mass is 10.0. The minimum absolute atomic E-state index is 0. The summed E-state index contributed by atoms with van der Waals surface area (Å²) in [6.07, 6.45) is 7.39. The van der Waals surface area contributed by atoms with E-state index in [-0.39, 0.29) is 57.0 Å². The zero-order valence-corrected chi connectivity index (χ0v) is 31.9. The molecule has 2 aromatic carbocycles. The van der Waals surface area contributed by atoms with Gasteiger partial charge in [0.1, 0.15) is 21.9 Å². The van der Waals surface area contributed by atoms with E-state index in [1.54, 1.807) is 0 Å². The van der Waals surface area contributed by atoms with Gasteiger partial charge in [-0.3, -0.25) is 9.21 Å². The fourth-order valence-electron chi connectivity index (χ4n) is 5.87. The molecule has 1 aliphatic heterocycles. The Kier molecular flexibility index (Phi) is 15.7. The summed E-state index contributed by atoms with van der Waals surface area (Å²) >= 11 is 13.0.